The molecule has 4 rings (SSSR count). The van der Waals surface area contributed by atoms with Crippen LogP contribution < -0.4 is 5.32 Å². The highest BCUT2D eigenvalue weighted by molar-refractivity contribution is 6.33. The average Bonchev–Trinajstić information content (AvgIpc) is 2.78. The summed E-state index contributed by atoms with van der Waals surface area (Å²) in [6, 6.07) is 5.27. The summed E-state index contributed by atoms with van der Waals surface area (Å²) >= 11 is 6.28. The first-order valence-corrected chi connectivity index (χ1v) is 9.50. The van der Waals surface area contributed by atoms with E-state index in [9.17, 15) is 18.3 Å². The van der Waals surface area contributed by atoms with Crippen molar-refractivity contribution in [1.82, 2.24) is 24.9 Å². The largest absolute Gasteiger partial charge is 0.417 e. The van der Waals surface area contributed by atoms with Gasteiger partial charge in [-0.3, -0.25) is 4.98 Å². The summed E-state index contributed by atoms with van der Waals surface area (Å²) in [6.07, 6.45) is -0.681. The number of halogens is 4. The van der Waals surface area contributed by atoms with Crippen molar-refractivity contribution >= 4 is 34.3 Å². The molecule has 0 aliphatic rings. The van der Waals surface area contributed by atoms with Crippen LogP contribution in [0.5, 0.6) is 0 Å². The van der Waals surface area contributed by atoms with Crippen molar-refractivity contribution in [3.05, 3.63) is 65.3 Å². The number of hydrogen-bond donors (Lipinski definition) is 3. The molecule has 0 spiro atoms. The Morgan fingerprint density at radius 1 is 1.00 bits per heavy atom. The molecule has 3 N–H and O–H groups in total. The van der Waals surface area contributed by atoms with Gasteiger partial charge < -0.3 is 15.5 Å². The molecule has 0 aromatic carbocycles. The smallest absolute Gasteiger partial charge is 0.393 e. The number of aliphatic hydroxyl groups excluding tert-OH is 2. The van der Waals surface area contributed by atoms with Gasteiger partial charge in [-0.1, -0.05) is 11.6 Å². The number of alkyl halides is 3. The number of nitrogens with zero attached hydrogens (tertiary/aromatic N) is 5. The van der Waals surface area contributed by atoms with E-state index in [4.69, 9.17) is 16.7 Å². The average molecular weight is 463 g/mol. The van der Waals surface area contributed by atoms with E-state index in [1.807, 2.05) is 0 Å². The number of rotatable bonds is 5. The van der Waals surface area contributed by atoms with E-state index < -0.39 is 24.5 Å². The number of pyridine rings is 3. The summed E-state index contributed by atoms with van der Waals surface area (Å²) in [7, 11) is 0. The summed E-state index contributed by atoms with van der Waals surface area (Å²) in [4.78, 5) is 20.6. The van der Waals surface area contributed by atoms with Gasteiger partial charge in [0.1, 0.15) is 23.8 Å². The maximum atomic E-state index is 12.7. The van der Waals surface area contributed by atoms with Gasteiger partial charge in [0, 0.05) is 29.7 Å². The summed E-state index contributed by atoms with van der Waals surface area (Å²) in [5.41, 5.74) is 1.25. The summed E-state index contributed by atoms with van der Waals surface area (Å²) in [5.74, 6) is 0.417. The lowest BCUT2D eigenvalue weighted by molar-refractivity contribution is -0.137. The van der Waals surface area contributed by atoms with Crippen LogP contribution in [-0.4, -0.2) is 41.7 Å². The van der Waals surface area contributed by atoms with Gasteiger partial charge in [-0.2, -0.15) is 13.2 Å². The highest BCUT2D eigenvalue weighted by Crippen LogP contribution is 2.31. The fourth-order valence-electron chi connectivity index (χ4n) is 2.87. The van der Waals surface area contributed by atoms with E-state index in [1.54, 1.807) is 6.07 Å². The van der Waals surface area contributed by atoms with Gasteiger partial charge in [0.15, 0.2) is 5.82 Å². The molecule has 0 aliphatic carbocycles. The molecule has 0 fully saturated rings. The van der Waals surface area contributed by atoms with E-state index in [0.29, 0.717) is 27.9 Å². The highest BCUT2D eigenvalue weighted by atomic mass is 35.5. The lowest BCUT2D eigenvalue weighted by atomic mass is 10.1. The molecule has 0 saturated carbocycles. The topological polar surface area (TPSA) is 117 Å². The molecule has 4 aromatic rings. The zero-order valence-corrected chi connectivity index (χ0v) is 16.8. The Bertz CT molecular complexity index is 1270. The molecule has 0 bridgehead atoms. The van der Waals surface area contributed by atoms with E-state index in [-0.39, 0.29) is 16.7 Å². The lowest BCUT2D eigenvalue weighted by Gasteiger charge is -2.11. The molecule has 1 atom stereocenters. The van der Waals surface area contributed by atoms with Crippen molar-refractivity contribution in [3.8, 4) is 11.3 Å². The number of nitrogens with one attached hydrogen (secondary N) is 1. The zero-order valence-electron chi connectivity index (χ0n) is 16.0. The molecular weight excluding hydrogens is 449 g/mol. The predicted molar refractivity (Wildman–Crippen MR) is 110 cm³/mol. The van der Waals surface area contributed by atoms with Crippen molar-refractivity contribution in [3.63, 3.8) is 0 Å². The van der Waals surface area contributed by atoms with E-state index in [2.05, 4.69) is 30.2 Å². The van der Waals surface area contributed by atoms with E-state index in [0.717, 1.165) is 12.3 Å². The van der Waals surface area contributed by atoms with Crippen molar-refractivity contribution in [2.75, 3.05) is 11.9 Å². The fourth-order valence-corrected chi connectivity index (χ4v) is 3.16. The van der Waals surface area contributed by atoms with Crippen molar-refractivity contribution in [2.24, 2.45) is 0 Å². The summed E-state index contributed by atoms with van der Waals surface area (Å²) < 4.78 is 38.1. The van der Waals surface area contributed by atoms with Crippen LogP contribution in [0.4, 0.5) is 24.8 Å². The molecule has 164 valence electrons. The van der Waals surface area contributed by atoms with Crippen LogP contribution in [-0.2, 0) is 6.18 Å². The molecule has 8 nitrogen and oxygen atoms in total. The van der Waals surface area contributed by atoms with Crippen LogP contribution in [0, 0.1) is 0 Å². The van der Waals surface area contributed by atoms with E-state index in [1.165, 1.54) is 30.9 Å². The van der Waals surface area contributed by atoms with Gasteiger partial charge in [-0.05, 0) is 24.3 Å². The van der Waals surface area contributed by atoms with Gasteiger partial charge in [0.05, 0.1) is 28.4 Å². The molecule has 0 radical (unpaired) electrons. The maximum absolute atomic E-state index is 12.7. The van der Waals surface area contributed by atoms with Crippen LogP contribution in [0.25, 0.3) is 22.3 Å². The maximum Gasteiger partial charge on any atom is 0.417 e. The standard InChI is InChI=1S/C20H14ClF3N6O2/c21-13-3-10(15(32)8-31)5-26-17(13)11-4-14-18(27-6-11)19(29-9-28-14)30-16-2-1-12(7-25-16)20(22,23)24/h1-7,9,15,31-32H,8H2,(H,25,28,29,30)/t15-/m1/s1. The Morgan fingerprint density at radius 2 is 1.81 bits per heavy atom. The van der Waals surface area contributed by atoms with Crippen LogP contribution in [0.1, 0.15) is 17.2 Å². The Labute approximate surface area is 183 Å². The number of aromatic nitrogens is 5. The summed E-state index contributed by atoms with van der Waals surface area (Å²) in [5, 5.41) is 21.9. The van der Waals surface area contributed by atoms with Crippen molar-refractivity contribution in [2.45, 2.75) is 12.3 Å². The van der Waals surface area contributed by atoms with Gasteiger partial charge in [-0.25, -0.2) is 19.9 Å². The first-order chi connectivity index (χ1) is 15.3. The van der Waals surface area contributed by atoms with Crippen molar-refractivity contribution < 1.29 is 23.4 Å². The molecule has 0 saturated heterocycles. The monoisotopic (exact) mass is 462 g/mol. The zero-order chi connectivity index (χ0) is 22.9. The van der Waals surface area contributed by atoms with Crippen LogP contribution >= 0.6 is 11.6 Å². The number of hydrogen-bond acceptors (Lipinski definition) is 8. The molecule has 4 aromatic heterocycles. The SMILES string of the molecule is OC[C@@H](O)c1cnc(-c2cnc3c(Nc4ccc(C(F)(F)F)cn4)ncnc3c2)c(Cl)c1. The molecule has 0 unspecified atom stereocenters. The van der Waals surface area contributed by atoms with Crippen LogP contribution in [0.2, 0.25) is 5.02 Å². The molecular formula is C20H14ClF3N6O2. The first kappa shape index (κ1) is 21.8. The Balaban J connectivity index is 1.64. The molecule has 32 heavy (non-hydrogen) atoms. The lowest BCUT2D eigenvalue weighted by Crippen LogP contribution is -2.06. The van der Waals surface area contributed by atoms with Gasteiger partial charge in [0.25, 0.3) is 0 Å². The van der Waals surface area contributed by atoms with Gasteiger partial charge in [-0.15, -0.1) is 0 Å². The Morgan fingerprint density at radius 3 is 2.47 bits per heavy atom. The second-order valence-electron chi connectivity index (χ2n) is 6.67. The first-order valence-electron chi connectivity index (χ1n) is 9.12. The minimum Gasteiger partial charge on any atom is -0.393 e. The molecule has 0 aliphatic heterocycles. The Kier molecular flexibility index (Phi) is 5.87. The number of aliphatic hydroxyl groups is 2. The van der Waals surface area contributed by atoms with Gasteiger partial charge >= 0.3 is 6.18 Å². The van der Waals surface area contributed by atoms with Crippen LogP contribution in [0.15, 0.2) is 49.2 Å². The quantitative estimate of drug-likeness (QED) is 0.408. The fraction of sp³-hybridized carbons (Fsp3) is 0.150. The molecule has 12 heteroatoms. The highest BCUT2D eigenvalue weighted by Gasteiger charge is 2.30. The van der Waals surface area contributed by atoms with E-state index >= 15 is 0 Å². The number of anilines is 2. The molecule has 4 heterocycles. The third-order valence-electron chi connectivity index (χ3n) is 4.51. The third-order valence-corrected chi connectivity index (χ3v) is 4.79. The molecule has 0 amide bonds. The van der Waals surface area contributed by atoms with Crippen LogP contribution in [0.3, 0.4) is 0 Å². The third kappa shape index (κ3) is 4.44. The van der Waals surface area contributed by atoms with Gasteiger partial charge in [0.2, 0.25) is 0 Å². The number of fused-ring (bicyclic) bond motifs is 1. The predicted octanol–water partition coefficient (Wildman–Crippen LogP) is 3.92. The second-order valence-corrected chi connectivity index (χ2v) is 7.07. The minimum absolute atomic E-state index is 0.159. The van der Waals surface area contributed by atoms with Crippen molar-refractivity contribution in [1.29, 1.82) is 0 Å². The minimum atomic E-state index is -4.48. The second kappa shape index (κ2) is 8.61. The Hall–Kier alpha value is -3.41. The summed E-state index contributed by atoms with van der Waals surface area (Å²) in [6.45, 7) is -0.463. The normalized spacial score (nSPS) is 12.7.